The Morgan fingerprint density at radius 3 is 2.84 bits per heavy atom. The van der Waals surface area contributed by atoms with E-state index in [0.29, 0.717) is 0 Å². The third-order valence-corrected chi connectivity index (χ3v) is 4.91. The van der Waals surface area contributed by atoms with Crippen molar-refractivity contribution in [3.05, 3.63) is 47.5 Å². The summed E-state index contributed by atoms with van der Waals surface area (Å²) in [6, 6.07) is 10.7. The Morgan fingerprint density at radius 2 is 2.11 bits per heavy atom. The highest BCUT2D eigenvalue weighted by molar-refractivity contribution is 7.99. The van der Waals surface area contributed by atoms with Gasteiger partial charge in [0.1, 0.15) is 0 Å². The van der Waals surface area contributed by atoms with Crippen LogP contribution in [0.4, 0.5) is 0 Å². The van der Waals surface area contributed by atoms with Crippen molar-refractivity contribution in [2.45, 2.75) is 25.3 Å². The standard InChI is InChI=1S/C16H19NOS/c18-16(14-8-4-5-9-14)17-10-11-19-12-15(17)13-6-2-1-3-7-13/h1-3,6-8,15H,4-5,9-12H2. The highest BCUT2D eigenvalue weighted by Crippen LogP contribution is 2.32. The van der Waals surface area contributed by atoms with Gasteiger partial charge >= 0.3 is 0 Å². The maximum absolute atomic E-state index is 12.6. The molecule has 3 heteroatoms. The van der Waals surface area contributed by atoms with E-state index in [1.165, 1.54) is 5.56 Å². The van der Waals surface area contributed by atoms with Gasteiger partial charge in [0.2, 0.25) is 5.91 Å². The summed E-state index contributed by atoms with van der Waals surface area (Å²) in [4.78, 5) is 14.7. The minimum atomic E-state index is 0.244. The Morgan fingerprint density at radius 1 is 1.26 bits per heavy atom. The second-order valence-corrected chi connectivity index (χ2v) is 6.27. The van der Waals surface area contributed by atoms with Gasteiger partial charge in [-0.05, 0) is 24.8 Å². The molecule has 2 nitrogen and oxygen atoms in total. The van der Waals surface area contributed by atoms with Gasteiger partial charge in [-0.2, -0.15) is 11.8 Å². The molecular weight excluding hydrogens is 254 g/mol. The van der Waals surface area contributed by atoms with Crippen LogP contribution in [0.15, 0.2) is 42.0 Å². The molecule has 0 saturated carbocycles. The first-order valence-electron chi connectivity index (χ1n) is 6.99. The monoisotopic (exact) mass is 273 g/mol. The minimum Gasteiger partial charge on any atom is -0.330 e. The van der Waals surface area contributed by atoms with E-state index in [1.54, 1.807) is 0 Å². The lowest BCUT2D eigenvalue weighted by atomic mass is 10.1. The minimum absolute atomic E-state index is 0.244. The normalized spacial score (nSPS) is 23.3. The number of carbonyl (C=O) groups excluding carboxylic acids is 1. The third kappa shape index (κ3) is 2.71. The van der Waals surface area contributed by atoms with Crippen LogP contribution in [0.1, 0.15) is 30.9 Å². The van der Waals surface area contributed by atoms with Crippen molar-refractivity contribution >= 4 is 17.7 Å². The summed E-state index contributed by atoms with van der Waals surface area (Å²) in [5.41, 5.74) is 2.30. The quantitative estimate of drug-likeness (QED) is 0.823. The highest BCUT2D eigenvalue weighted by atomic mass is 32.2. The van der Waals surface area contributed by atoms with E-state index in [2.05, 4.69) is 35.2 Å². The van der Waals surface area contributed by atoms with Crippen LogP contribution in [0.2, 0.25) is 0 Å². The van der Waals surface area contributed by atoms with Crippen molar-refractivity contribution in [2.24, 2.45) is 0 Å². The van der Waals surface area contributed by atoms with Gasteiger partial charge in [0, 0.05) is 23.6 Å². The third-order valence-electron chi connectivity index (χ3n) is 3.89. The van der Waals surface area contributed by atoms with E-state index in [1.807, 2.05) is 17.8 Å². The summed E-state index contributed by atoms with van der Waals surface area (Å²) in [5, 5.41) is 0. The van der Waals surface area contributed by atoms with Crippen LogP contribution in [0, 0.1) is 0 Å². The molecule has 19 heavy (non-hydrogen) atoms. The zero-order chi connectivity index (χ0) is 13.1. The molecule has 1 aromatic carbocycles. The van der Waals surface area contributed by atoms with Gasteiger partial charge < -0.3 is 4.90 Å². The summed E-state index contributed by atoms with van der Waals surface area (Å²) in [7, 11) is 0. The first kappa shape index (κ1) is 12.8. The summed E-state index contributed by atoms with van der Waals surface area (Å²) in [6.07, 6.45) is 5.30. The van der Waals surface area contributed by atoms with Gasteiger partial charge in [0.25, 0.3) is 0 Å². The molecular formula is C16H19NOS. The molecule has 1 atom stereocenters. The fourth-order valence-electron chi connectivity index (χ4n) is 2.85. The number of nitrogens with zero attached hydrogens (tertiary/aromatic N) is 1. The molecule has 100 valence electrons. The molecule has 0 aromatic heterocycles. The predicted molar refractivity (Wildman–Crippen MR) is 80.2 cm³/mol. The van der Waals surface area contributed by atoms with Crippen LogP contribution in [-0.4, -0.2) is 28.9 Å². The zero-order valence-corrected chi connectivity index (χ0v) is 11.9. The molecule has 1 saturated heterocycles. The fourth-order valence-corrected chi connectivity index (χ4v) is 3.94. The smallest absolute Gasteiger partial charge is 0.250 e. The van der Waals surface area contributed by atoms with Gasteiger partial charge in [0.15, 0.2) is 0 Å². The van der Waals surface area contributed by atoms with Gasteiger partial charge in [-0.15, -0.1) is 0 Å². The first-order chi connectivity index (χ1) is 9.36. The average molecular weight is 273 g/mol. The second-order valence-electron chi connectivity index (χ2n) is 5.12. The van der Waals surface area contributed by atoms with E-state index >= 15 is 0 Å². The molecule has 1 unspecified atom stereocenters. The molecule has 0 N–H and O–H groups in total. The van der Waals surface area contributed by atoms with E-state index in [4.69, 9.17) is 0 Å². The maximum atomic E-state index is 12.6. The molecule has 0 radical (unpaired) electrons. The number of amides is 1. The largest absolute Gasteiger partial charge is 0.330 e. The lowest BCUT2D eigenvalue weighted by Crippen LogP contribution is -2.41. The lowest BCUT2D eigenvalue weighted by molar-refractivity contribution is -0.129. The van der Waals surface area contributed by atoms with Crippen molar-refractivity contribution in [3.63, 3.8) is 0 Å². The lowest BCUT2D eigenvalue weighted by Gasteiger charge is -2.36. The Bertz CT molecular complexity index is 483. The number of rotatable bonds is 2. The number of carbonyl (C=O) groups is 1. The number of thioether (sulfide) groups is 1. The second kappa shape index (κ2) is 5.83. The van der Waals surface area contributed by atoms with Crippen molar-refractivity contribution in [1.29, 1.82) is 0 Å². The predicted octanol–water partition coefficient (Wildman–Crippen LogP) is 3.41. The molecule has 0 spiro atoms. The van der Waals surface area contributed by atoms with E-state index in [0.717, 1.165) is 42.9 Å². The van der Waals surface area contributed by atoms with Crippen molar-refractivity contribution < 1.29 is 4.79 Å². The number of hydrogen-bond donors (Lipinski definition) is 0. The molecule has 0 bridgehead atoms. The molecule has 1 fully saturated rings. The van der Waals surface area contributed by atoms with Crippen LogP contribution in [0.3, 0.4) is 0 Å². The van der Waals surface area contributed by atoms with Crippen molar-refractivity contribution in [3.8, 4) is 0 Å². The summed E-state index contributed by atoms with van der Waals surface area (Å²) >= 11 is 1.95. The van der Waals surface area contributed by atoms with Gasteiger partial charge in [-0.25, -0.2) is 0 Å². The average Bonchev–Trinajstić information content (AvgIpc) is 3.02. The van der Waals surface area contributed by atoms with E-state index in [-0.39, 0.29) is 11.9 Å². The topological polar surface area (TPSA) is 20.3 Å². The Kier molecular flexibility index (Phi) is 3.92. The Hall–Kier alpha value is -1.22. The number of allylic oxidation sites excluding steroid dienone is 1. The van der Waals surface area contributed by atoms with E-state index < -0.39 is 0 Å². The molecule has 1 heterocycles. The maximum Gasteiger partial charge on any atom is 0.250 e. The summed E-state index contributed by atoms with van der Waals surface area (Å²) in [6.45, 7) is 0.875. The Balaban J connectivity index is 1.83. The van der Waals surface area contributed by atoms with E-state index in [9.17, 15) is 4.79 Å². The highest BCUT2D eigenvalue weighted by Gasteiger charge is 2.30. The molecule has 1 aliphatic carbocycles. The van der Waals surface area contributed by atoms with Gasteiger partial charge in [0.05, 0.1) is 6.04 Å². The summed E-state index contributed by atoms with van der Waals surface area (Å²) < 4.78 is 0. The van der Waals surface area contributed by atoms with Gasteiger partial charge in [-0.1, -0.05) is 36.4 Å². The molecule has 1 aromatic rings. The first-order valence-corrected chi connectivity index (χ1v) is 8.14. The van der Waals surface area contributed by atoms with Crippen LogP contribution < -0.4 is 0 Å². The van der Waals surface area contributed by atoms with Crippen LogP contribution >= 0.6 is 11.8 Å². The summed E-state index contributed by atoms with van der Waals surface area (Å²) in [5.74, 6) is 2.34. The molecule has 3 rings (SSSR count). The van der Waals surface area contributed by atoms with Crippen LogP contribution in [-0.2, 0) is 4.79 Å². The van der Waals surface area contributed by atoms with Gasteiger partial charge in [-0.3, -0.25) is 4.79 Å². The fraction of sp³-hybridized carbons (Fsp3) is 0.438. The Labute approximate surface area is 118 Å². The number of hydrogen-bond acceptors (Lipinski definition) is 2. The zero-order valence-electron chi connectivity index (χ0n) is 11.0. The van der Waals surface area contributed by atoms with Crippen LogP contribution in [0.25, 0.3) is 0 Å². The van der Waals surface area contributed by atoms with Crippen molar-refractivity contribution in [2.75, 3.05) is 18.1 Å². The number of benzene rings is 1. The molecule has 1 aliphatic heterocycles. The van der Waals surface area contributed by atoms with Crippen LogP contribution in [0.5, 0.6) is 0 Å². The molecule has 1 amide bonds. The van der Waals surface area contributed by atoms with Crippen molar-refractivity contribution in [1.82, 2.24) is 4.90 Å². The molecule has 2 aliphatic rings. The SMILES string of the molecule is O=C(C1=CCCC1)N1CCSCC1c1ccccc1.